The summed E-state index contributed by atoms with van der Waals surface area (Å²) in [6, 6.07) is 4.54. The van der Waals surface area contributed by atoms with Crippen molar-refractivity contribution in [2.45, 2.75) is 0 Å². The molecular weight excluding hydrogens is 280 g/mol. The number of morpholine rings is 1. The molecule has 0 radical (unpaired) electrons. The molecule has 0 aliphatic carbocycles. The van der Waals surface area contributed by atoms with Crippen LogP contribution in [-0.4, -0.2) is 41.4 Å². The Bertz CT molecular complexity index is 716. The van der Waals surface area contributed by atoms with E-state index >= 15 is 0 Å². The molecule has 0 atom stereocenters. The number of ether oxygens (including phenoxy) is 1. The molecule has 110 valence electrons. The van der Waals surface area contributed by atoms with Gasteiger partial charge in [-0.2, -0.15) is 0 Å². The van der Waals surface area contributed by atoms with Gasteiger partial charge in [0.25, 0.3) is 5.69 Å². The molecular formula is C12H12N4O5. The second-order valence-electron chi connectivity index (χ2n) is 4.50. The van der Waals surface area contributed by atoms with Crippen LogP contribution < -0.4 is 10.7 Å². The molecule has 21 heavy (non-hydrogen) atoms. The molecule has 1 aliphatic rings. The first-order chi connectivity index (χ1) is 10.1. The molecule has 3 rings (SSSR count). The van der Waals surface area contributed by atoms with Gasteiger partial charge in [-0.25, -0.2) is 4.79 Å². The maximum Gasteiger partial charge on any atom is 0.439 e. The van der Waals surface area contributed by atoms with Crippen LogP contribution in [0.3, 0.4) is 0 Å². The fourth-order valence-electron chi connectivity index (χ4n) is 2.24. The van der Waals surface area contributed by atoms with Crippen molar-refractivity contribution in [3.8, 4) is 11.4 Å². The Morgan fingerprint density at radius 1 is 1.33 bits per heavy atom. The highest BCUT2D eigenvalue weighted by Gasteiger charge is 2.22. The lowest BCUT2D eigenvalue weighted by molar-refractivity contribution is -0.384. The van der Waals surface area contributed by atoms with Crippen molar-refractivity contribution in [2.24, 2.45) is 0 Å². The molecule has 0 spiro atoms. The minimum Gasteiger partial charge on any atom is -0.378 e. The quantitative estimate of drug-likeness (QED) is 0.656. The maximum absolute atomic E-state index is 11.2. The Balaban J connectivity index is 2.05. The number of anilines is 1. The molecule has 0 unspecified atom stereocenters. The van der Waals surface area contributed by atoms with Gasteiger partial charge >= 0.3 is 5.76 Å². The van der Waals surface area contributed by atoms with Crippen molar-refractivity contribution in [1.82, 2.24) is 10.1 Å². The van der Waals surface area contributed by atoms with Crippen LogP contribution in [0.5, 0.6) is 0 Å². The molecule has 1 aromatic carbocycles. The number of aromatic nitrogens is 2. The minimum atomic E-state index is -0.670. The van der Waals surface area contributed by atoms with Gasteiger partial charge in [0.1, 0.15) is 5.69 Å². The lowest BCUT2D eigenvalue weighted by Gasteiger charge is -2.28. The first-order valence-electron chi connectivity index (χ1n) is 6.32. The zero-order valence-electron chi connectivity index (χ0n) is 10.9. The highest BCUT2D eigenvalue weighted by molar-refractivity contribution is 5.72. The van der Waals surface area contributed by atoms with Crippen LogP contribution in [0.25, 0.3) is 11.4 Å². The normalized spacial score (nSPS) is 15.1. The molecule has 0 bridgehead atoms. The monoisotopic (exact) mass is 292 g/mol. The minimum absolute atomic E-state index is 0.00601. The maximum atomic E-state index is 11.2. The molecule has 1 saturated heterocycles. The summed E-state index contributed by atoms with van der Waals surface area (Å²) in [5, 5.41) is 14.8. The predicted octanol–water partition coefficient (Wildman–Crippen LogP) is 0.775. The van der Waals surface area contributed by atoms with Crippen molar-refractivity contribution in [1.29, 1.82) is 0 Å². The van der Waals surface area contributed by atoms with E-state index in [4.69, 9.17) is 4.74 Å². The van der Waals surface area contributed by atoms with Crippen LogP contribution in [-0.2, 0) is 4.74 Å². The molecule has 2 heterocycles. The average Bonchev–Trinajstić information content (AvgIpc) is 2.94. The third kappa shape index (κ3) is 2.63. The lowest BCUT2D eigenvalue weighted by atomic mass is 10.1. The lowest BCUT2D eigenvalue weighted by Crippen LogP contribution is -2.36. The summed E-state index contributed by atoms with van der Waals surface area (Å²) >= 11 is 0. The van der Waals surface area contributed by atoms with E-state index in [2.05, 4.69) is 14.7 Å². The van der Waals surface area contributed by atoms with E-state index in [9.17, 15) is 14.9 Å². The number of benzene rings is 1. The van der Waals surface area contributed by atoms with Gasteiger partial charge in [0, 0.05) is 24.7 Å². The summed E-state index contributed by atoms with van der Waals surface area (Å²) in [6.07, 6.45) is 0. The van der Waals surface area contributed by atoms with E-state index in [1.165, 1.54) is 12.1 Å². The number of aromatic amines is 1. The number of rotatable bonds is 3. The molecule has 0 saturated carbocycles. The number of nitro groups is 1. The molecule has 1 fully saturated rings. The average molecular weight is 292 g/mol. The van der Waals surface area contributed by atoms with E-state index in [1.807, 2.05) is 4.90 Å². The van der Waals surface area contributed by atoms with E-state index in [1.54, 1.807) is 6.07 Å². The number of hydrogen-bond acceptors (Lipinski definition) is 7. The standard InChI is InChI=1S/C12H12N4O5/c17-12-13-11(14-21-12)8-1-2-9(16(18)19)10(7-8)15-3-5-20-6-4-15/h1-2,7H,3-6H2,(H,13,14,17). The summed E-state index contributed by atoms with van der Waals surface area (Å²) in [5.41, 5.74) is 1.03. The number of nitro benzene ring substituents is 1. The Morgan fingerprint density at radius 2 is 2.10 bits per heavy atom. The predicted molar refractivity (Wildman–Crippen MR) is 72.2 cm³/mol. The van der Waals surface area contributed by atoms with Crippen molar-refractivity contribution in [3.63, 3.8) is 0 Å². The second kappa shape index (κ2) is 5.37. The van der Waals surface area contributed by atoms with Crippen LogP contribution in [0, 0.1) is 10.1 Å². The third-order valence-corrected chi connectivity index (χ3v) is 3.24. The number of hydrogen-bond donors (Lipinski definition) is 1. The summed E-state index contributed by atoms with van der Waals surface area (Å²) in [5.74, 6) is -0.430. The van der Waals surface area contributed by atoms with Gasteiger partial charge in [-0.1, -0.05) is 5.16 Å². The van der Waals surface area contributed by atoms with Gasteiger partial charge in [0.15, 0.2) is 5.82 Å². The smallest absolute Gasteiger partial charge is 0.378 e. The molecule has 1 N–H and O–H groups in total. The van der Waals surface area contributed by atoms with Crippen molar-refractivity contribution >= 4 is 11.4 Å². The van der Waals surface area contributed by atoms with E-state index in [-0.39, 0.29) is 11.5 Å². The van der Waals surface area contributed by atoms with Gasteiger partial charge in [-0.3, -0.25) is 19.6 Å². The zero-order valence-corrected chi connectivity index (χ0v) is 10.9. The van der Waals surface area contributed by atoms with Crippen LogP contribution >= 0.6 is 0 Å². The molecule has 2 aromatic rings. The Labute approximate surface area is 118 Å². The van der Waals surface area contributed by atoms with Gasteiger partial charge in [-0.15, -0.1) is 0 Å². The fourth-order valence-corrected chi connectivity index (χ4v) is 2.24. The van der Waals surface area contributed by atoms with Gasteiger partial charge in [0.05, 0.1) is 18.1 Å². The highest BCUT2D eigenvalue weighted by Crippen LogP contribution is 2.32. The van der Waals surface area contributed by atoms with E-state index in [0.717, 1.165) is 0 Å². The molecule has 0 amide bonds. The van der Waals surface area contributed by atoms with Crippen molar-refractivity contribution < 1.29 is 14.2 Å². The van der Waals surface area contributed by atoms with Crippen LogP contribution in [0.4, 0.5) is 11.4 Å². The second-order valence-corrected chi connectivity index (χ2v) is 4.50. The molecule has 9 nitrogen and oxygen atoms in total. The summed E-state index contributed by atoms with van der Waals surface area (Å²) in [4.78, 5) is 26.1. The van der Waals surface area contributed by atoms with Gasteiger partial charge in [0.2, 0.25) is 0 Å². The fraction of sp³-hybridized carbons (Fsp3) is 0.333. The topological polar surface area (TPSA) is 114 Å². The first kappa shape index (κ1) is 13.3. The highest BCUT2D eigenvalue weighted by atomic mass is 16.6. The summed E-state index contributed by atoms with van der Waals surface area (Å²) in [6.45, 7) is 2.17. The molecule has 1 aliphatic heterocycles. The summed E-state index contributed by atoms with van der Waals surface area (Å²) < 4.78 is 9.71. The SMILES string of the molecule is O=c1[nH]c(-c2ccc([N+](=O)[O-])c(N3CCOCC3)c2)no1. The van der Waals surface area contributed by atoms with Gasteiger partial charge in [-0.05, 0) is 12.1 Å². The van der Waals surface area contributed by atoms with E-state index in [0.29, 0.717) is 37.6 Å². The van der Waals surface area contributed by atoms with Crippen LogP contribution in [0.15, 0.2) is 27.5 Å². The molecule has 1 aromatic heterocycles. The van der Waals surface area contributed by atoms with Crippen LogP contribution in [0.2, 0.25) is 0 Å². The van der Waals surface area contributed by atoms with Gasteiger partial charge < -0.3 is 9.64 Å². The van der Waals surface area contributed by atoms with Crippen LogP contribution in [0.1, 0.15) is 0 Å². The largest absolute Gasteiger partial charge is 0.439 e. The van der Waals surface area contributed by atoms with E-state index < -0.39 is 10.7 Å². The summed E-state index contributed by atoms with van der Waals surface area (Å²) in [7, 11) is 0. The zero-order chi connectivity index (χ0) is 14.8. The Hall–Kier alpha value is -2.68. The first-order valence-corrected chi connectivity index (χ1v) is 6.32. The number of nitrogens with one attached hydrogen (secondary N) is 1. The van der Waals surface area contributed by atoms with Crippen molar-refractivity contribution in [3.05, 3.63) is 38.9 Å². The Morgan fingerprint density at radius 3 is 2.71 bits per heavy atom. The molecule has 9 heteroatoms. The third-order valence-electron chi connectivity index (χ3n) is 3.24. The number of nitrogens with zero attached hydrogens (tertiary/aromatic N) is 3. The van der Waals surface area contributed by atoms with Crippen molar-refractivity contribution in [2.75, 3.05) is 31.2 Å². The number of H-pyrrole nitrogens is 1. The Kier molecular flexibility index (Phi) is 3.40.